The van der Waals surface area contributed by atoms with E-state index in [9.17, 15) is 18.3 Å². The second-order valence-corrected chi connectivity index (χ2v) is 4.54. The first-order valence-corrected chi connectivity index (χ1v) is 6.13. The van der Waals surface area contributed by atoms with E-state index in [2.05, 4.69) is 0 Å². The molecule has 2 rings (SSSR count). The van der Waals surface area contributed by atoms with Crippen molar-refractivity contribution in [2.45, 2.75) is 25.2 Å². The fourth-order valence-corrected chi connectivity index (χ4v) is 2.33. The molecule has 106 valence electrons. The van der Waals surface area contributed by atoms with E-state index in [1.165, 1.54) is 4.90 Å². The monoisotopic (exact) mass is 275 g/mol. The van der Waals surface area contributed by atoms with Gasteiger partial charge in [0.2, 0.25) is 0 Å². The first-order chi connectivity index (χ1) is 8.92. The van der Waals surface area contributed by atoms with Crippen LogP contribution in [0.5, 0.6) is 5.75 Å². The number of fused-ring (bicyclic) bond motifs is 1. The molecule has 0 saturated carbocycles. The van der Waals surface area contributed by atoms with Crippen molar-refractivity contribution in [3.63, 3.8) is 0 Å². The van der Waals surface area contributed by atoms with Crippen LogP contribution in [0.4, 0.5) is 13.2 Å². The number of nitrogens with zero attached hydrogens (tertiary/aromatic N) is 1. The molecule has 1 aromatic rings. The van der Waals surface area contributed by atoms with Crippen LogP contribution in [0.15, 0.2) is 24.3 Å². The van der Waals surface area contributed by atoms with Crippen LogP contribution in [-0.2, 0) is 0 Å². The lowest BCUT2D eigenvalue weighted by Gasteiger charge is -2.38. The number of benzene rings is 1. The Hall–Kier alpha value is -1.27. The van der Waals surface area contributed by atoms with Crippen molar-refractivity contribution in [3.8, 4) is 5.75 Å². The third kappa shape index (κ3) is 3.19. The average molecular weight is 275 g/mol. The van der Waals surface area contributed by atoms with Crippen LogP contribution in [-0.4, -0.2) is 41.9 Å². The maximum atomic E-state index is 12.5. The van der Waals surface area contributed by atoms with Gasteiger partial charge < -0.3 is 9.84 Å². The molecule has 6 heteroatoms. The summed E-state index contributed by atoms with van der Waals surface area (Å²) < 4.78 is 43.0. The minimum atomic E-state index is -4.29. The Morgan fingerprint density at radius 3 is 2.68 bits per heavy atom. The number of likely N-dealkylation sites (N-methyl/N-ethyl adjacent to an activating group) is 1. The first kappa shape index (κ1) is 14.1. The van der Waals surface area contributed by atoms with Gasteiger partial charge in [-0.1, -0.05) is 25.1 Å². The summed E-state index contributed by atoms with van der Waals surface area (Å²) in [7, 11) is 0. The van der Waals surface area contributed by atoms with Crippen LogP contribution in [0.1, 0.15) is 18.6 Å². The van der Waals surface area contributed by atoms with Crippen molar-refractivity contribution in [1.82, 2.24) is 4.90 Å². The highest BCUT2D eigenvalue weighted by molar-refractivity contribution is 5.37. The number of aliphatic hydroxyl groups excluding tert-OH is 1. The zero-order chi connectivity index (χ0) is 14.0. The SMILES string of the molecule is CCN(CC(F)(F)F)C1COc2ccccc2C1O. The van der Waals surface area contributed by atoms with Crippen molar-refractivity contribution in [3.05, 3.63) is 29.8 Å². The molecule has 0 radical (unpaired) electrons. The summed E-state index contributed by atoms with van der Waals surface area (Å²) in [6, 6.07) is 6.19. The minimum Gasteiger partial charge on any atom is -0.491 e. The number of halogens is 3. The van der Waals surface area contributed by atoms with Gasteiger partial charge in [-0.25, -0.2) is 0 Å². The number of hydrogen-bond acceptors (Lipinski definition) is 3. The molecule has 0 spiro atoms. The summed E-state index contributed by atoms with van der Waals surface area (Å²) >= 11 is 0. The molecule has 0 aromatic heterocycles. The molecule has 2 atom stereocenters. The maximum Gasteiger partial charge on any atom is 0.401 e. The van der Waals surface area contributed by atoms with Gasteiger partial charge in [0.1, 0.15) is 18.5 Å². The lowest BCUT2D eigenvalue weighted by Crippen LogP contribution is -2.49. The summed E-state index contributed by atoms with van der Waals surface area (Å²) in [5.41, 5.74) is 0.541. The Bertz CT molecular complexity index is 436. The molecule has 0 aliphatic carbocycles. The average Bonchev–Trinajstić information content (AvgIpc) is 2.36. The number of hydrogen-bond donors (Lipinski definition) is 1. The van der Waals surface area contributed by atoms with Gasteiger partial charge in [0, 0.05) is 5.56 Å². The Labute approximate surface area is 109 Å². The van der Waals surface area contributed by atoms with Crippen molar-refractivity contribution < 1.29 is 23.0 Å². The summed E-state index contributed by atoms with van der Waals surface area (Å²) in [5.74, 6) is 0.536. The van der Waals surface area contributed by atoms with Gasteiger partial charge in [-0.2, -0.15) is 13.2 Å². The zero-order valence-electron chi connectivity index (χ0n) is 10.5. The second-order valence-electron chi connectivity index (χ2n) is 4.54. The Kier molecular flexibility index (Phi) is 4.01. The molecule has 1 heterocycles. The normalized spacial score (nSPS) is 23.1. The fourth-order valence-electron chi connectivity index (χ4n) is 2.33. The van der Waals surface area contributed by atoms with Crippen LogP contribution in [0.25, 0.3) is 0 Å². The van der Waals surface area contributed by atoms with Crippen molar-refractivity contribution >= 4 is 0 Å². The molecule has 1 aliphatic rings. The van der Waals surface area contributed by atoms with Crippen molar-refractivity contribution in [1.29, 1.82) is 0 Å². The highest BCUT2D eigenvalue weighted by Gasteiger charge is 2.38. The van der Waals surface area contributed by atoms with E-state index in [1.54, 1.807) is 31.2 Å². The van der Waals surface area contributed by atoms with Crippen molar-refractivity contribution in [2.75, 3.05) is 19.7 Å². The molecule has 2 unspecified atom stereocenters. The quantitative estimate of drug-likeness (QED) is 0.919. The topological polar surface area (TPSA) is 32.7 Å². The molecule has 3 nitrogen and oxygen atoms in total. The predicted octanol–water partition coefficient (Wildman–Crippen LogP) is 2.37. The van der Waals surface area contributed by atoms with Gasteiger partial charge in [-0.3, -0.25) is 4.90 Å². The van der Waals surface area contributed by atoms with E-state index in [4.69, 9.17) is 4.74 Å². The minimum absolute atomic E-state index is 0.0576. The van der Waals surface area contributed by atoms with Crippen LogP contribution in [0.2, 0.25) is 0 Å². The van der Waals surface area contributed by atoms with Crippen LogP contribution in [0, 0.1) is 0 Å². The highest BCUT2D eigenvalue weighted by atomic mass is 19.4. The molecule has 19 heavy (non-hydrogen) atoms. The van der Waals surface area contributed by atoms with Gasteiger partial charge in [-0.05, 0) is 12.6 Å². The fraction of sp³-hybridized carbons (Fsp3) is 0.538. The molecule has 0 saturated heterocycles. The molecule has 1 aromatic carbocycles. The molecule has 1 N–H and O–H groups in total. The third-order valence-corrected chi connectivity index (χ3v) is 3.27. The van der Waals surface area contributed by atoms with Gasteiger partial charge in [0.25, 0.3) is 0 Å². The first-order valence-electron chi connectivity index (χ1n) is 6.13. The zero-order valence-corrected chi connectivity index (χ0v) is 10.5. The van der Waals surface area contributed by atoms with Crippen molar-refractivity contribution in [2.24, 2.45) is 0 Å². The van der Waals surface area contributed by atoms with Gasteiger partial charge in [0.15, 0.2) is 0 Å². The Morgan fingerprint density at radius 2 is 2.05 bits per heavy atom. The van der Waals surface area contributed by atoms with E-state index in [0.717, 1.165) is 0 Å². The summed E-state index contributed by atoms with van der Waals surface area (Å²) in [6.45, 7) is 0.852. The molecule has 0 bridgehead atoms. The standard InChI is InChI=1S/C13H16F3NO2/c1-2-17(8-13(14,15)16)10-7-19-11-6-4-3-5-9(11)12(10)18/h3-6,10,12,18H,2,7-8H2,1H3. The summed E-state index contributed by atoms with van der Waals surface area (Å²) in [5, 5.41) is 10.2. The number of rotatable bonds is 3. The number of aliphatic hydroxyl groups is 1. The van der Waals surface area contributed by atoms with E-state index < -0.39 is 24.9 Å². The second kappa shape index (κ2) is 5.38. The van der Waals surface area contributed by atoms with E-state index in [-0.39, 0.29) is 13.2 Å². The molecular weight excluding hydrogens is 259 g/mol. The Morgan fingerprint density at radius 1 is 1.37 bits per heavy atom. The third-order valence-electron chi connectivity index (χ3n) is 3.27. The van der Waals surface area contributed by atoms with E-state index in [1.807, 2.05) is 0 Å². The van der Waals surface area contributed by atoms with Crippen LogP contribution >= 0.6 is 0 Å². The lowest BCUT2D eigenvalue weighted by atomic mass is 9.98. The summed E-state index contributed by atoms with van der Waals surface area (Å²) in [4.78, 5) is 1.20. The maximum absolute atomic E-state index is 12.5. The lowest BCUT2D eigenvalue weighted by molar-refractivity contribution is -0.158. The smallest absolute Gasteiger partial charge is 0.401 e. The predicted molar refractivity (Wildman–Crippen MR) is 64.0 cm³/mol. The largest absolute Gasteiger partial charge is 0.491 e. The number of para-hydroxylation sites is 1. The molecule has 0 fully saturated rings. The summed E-state index contributed by atoms with van der Waals surface area (Å²) in [6.07, 6.45) is -5.25. The van der Waals surface area contributed by atoms with Crippen LogP contribution < -0.4 is 4.74 Å². The molecular formula is C13H16F3NO2. The van der Waals surface area contributed by atoms with Gasteiger partial charge in [0.05, 0.1) is 12.6 Å². The number of ether oxygens (including phenoxy) is 1. The van der Waals surface area contributed by atoms with Crippen LogP contribution in [0.3, 0.4) is 0 Å². The highest BCUT2D eigenvalue weighted by Crippen LogP contribution is 2.34. The number of alkyl halides is 3. The van der Waals surface area contributed by atoms with Gasteiger partial charge >= 0.3 is 6.18 Å². The molecule has 0 amide bonds. The van der Waals surface area contributed by atoms with E-state index >= 15 is 0 Å². The molecule has 1 aliphatic heterocycles. The van der Waals surface area contributed by atoms with E-state index in [0.29, 0.717) is 11.3 Å². The Balaban J connectivity index is 2.18. The van der Waals surface area contributed by atoms with Gasteiger partial charge in [-0.15, -0.1) is 0 Å².